The Morgan fingerprint density at radius 1 is 0.933 bits per heavy atom. The molecule has 13 heteroatoms. The van der Waals surface area contributed by atoms with Crippen LogP contribution in [0.1, 0.15) is 0 Å². The van der Waals surface area contributed by atoms with Gasteiger partial charge in [-0.05, 0) is 52.9 Å². The van der Waals surface area contributed by atoms with Gasteiger partial charge >= 0.3 is 0 Å². The highest BCUT2D eigenvalue weighted by molar-refractivity contribution is 7.92. The molecule has 1 saturated heterocycles. The van der Waals surface area contributed by atoms with E-state index in [2.05, 4.69) is 20.2 Å². The number of nitrogens with zero attached hydrogens (tertiary/aromatic N) is 5. The van der Waals surface area contributed by atoms with Gasteiger partial charge in [0.1, 0.15) is 6.33 Å². The van der Waals surface area contributed by atoms with Crippen molar-refractivity contribution in [1.29, 1.82) is 0 Å². The van der Waals surface area contributed by atoms with E-state index in [4.69, 9.17) is 4.74 Å². The van der Waals surface area contributed by atoms with E-state index in [1.54, 1.807) is 24.3 Å². The van der Waals surface area contributed by atoms with Crippen molar-refractivity contribution in [3.05, 3.63) is 54.9 Å². The molecule has 158 valence electrons. The summed E-state index contributed by atoms with van der Waals surface area (Å²) in [6.07, 6.45) is 1.39. The average Bonchev–Trinajstić information content (AvgIpc) is 3.29. The lowest BCUT2D eigenvalue weighted by atomic mass is 10.3. The number of benzene rings is 2. The summed E-state index contributed by atoms with van der Waals surface area (Å²) < 4.78 is 61.2. The van der Waals surface area contributed by atoms with Crippen molar-refractivity contribution in [3.8, 4) is 5.69 Å². The molecule has 1 aliphatic rings. The van der Waals surface area contributed by atoms with Gasteiger partial charge in [0, 0.05) is 13.1 Å². The number of nitrogens with one attached hydrogen (secondary N) is 1. The predicted octanol–water partition coefficient (Wildman–Crippen LogP) is 0.484. The van der Waals surface area contributed by atoms with Gasteiger partial charge in [-0.2, -0.15) is 4.31 Å². The zero-order valence-corrected chi connectivity index (χ0v) is 17.3. The first-order valence-electron chi connectivity index (χ1n) is 8.90. The summed E-state index contributed by atoms with van der Waals surface area (Å²) in [5.41, 5.74) is 0.889. The number of tetrazole rings is 1. The molecule has 1 aromatic heterocycles. The van der Waals surface area contributed by atoms with E-state index in [0.29, 0.717) is 24.6 Å². The third kappa shape index (κ3) is 4.18. The summed E-state index contributed by atoms with van der Waals surface area (Å²) in [5.74, 6) is 0. The smallest absolute Gasteiger partial charge is 0.261 e. The van der Waals surface area contributed by atoms with Gasteiger partial charge in [-0.3, -0.25) is 4.72 Å². The van der Waals surface area contributed by atoms with Gasteiger partial charge in [0.15, 0.2) is 0 Å². The van der Waals surface area contributed by atoms with E-state index in [9.17, 15) is 16.8 Å². The second kappa shape index (κ2) is 8.10. The lowest BCUT2D eigenvalue weighted by Gasteiger charge is -2.26. The maximum Gasteiger partial charge on any atom is 0.261 e. The minimum Gasteiger partial charge on any atom is -0.379 e. The van der Waals surface area contributed by atoms with E-state index in [-0.39, 0.29) is 22.9 Å². The lowest BCUT2D eigenvalue weighted by molar-refractivity contribution is 0.0730. The van der Waals surface area contributed by atoms with Crippen LogP contribution in [0.25, 0.3) is 5.69 Å². The van der Waals surface area contributed by atoms with Gasteiger partial charge < -0.3 is 4.74 Å². The van der Waals surface area contributed by atoms with Gasteiger partial charge in [0.25, 0.3) is 10.0 Å². The van der Waals surface area contributed by atoms with Crippen molar-refractivity contribution in [2.45, 2.75) is 9.79 Å². The summed E-state index contributed by atoms with van der Waals surface area (Å²) >= 11 is 0. The molecule has 2 heterocycles. The largest absolute Gasteiger partial charge is 0.379 e. The fraction of sp³-hybridized carbons (Fsp3) is 0.235. The summed E-state index contributed by atoms with van der Waals surface area (Å²) in [7, 11) is -7.62. The van der Waals surface area contributed by atoms with E-state index in [0.717, 1.165) is 0 Å². The number of hydrogen-bond donors (Lipinski definition) is 1. The normalized spacial score (nSPS) is 15.7. The quantitative estimate of drug-likeness (QED) is 0.573. The molecule has 0 bridgehead atoms. The van der Waals surface area contributed by atoms with Gasteiger partial charge in [0.2, 0.25) is 10.0 Å². The molecule has 0 unspecified atom stereocenters. The van der Waals surface area contributed by atoms with Gasteiger partial charge in [0.05, 0.1) is 34.4 Å². The Morgan fingerprint density at radius 3 is 2.30 bits per heavy atom. The van der Waals surface area contributed by atoms with Crippen LogP contribution in [-0.4, -0.2) is 67.7 Å². The van der Waals surface area contributed by atoms with E-state index < -0.39 is 20.0 Å². The number of aromatic nitrogens is 4. The Bertz CT molecular complexity index is 1220. The van der Waals surface area contributed by atoms with Crippen LogP contribution in [0, 0.1) is 0 Å². The van der Waals surface area contributed by atoms with Crippen molar-refractivity contribution in [1.82, 2.24) is 24.5 Å². The molecule has 0 amide bonds. The molecule has 3 aromatic rings. The van der Waals surface area contributed by atoms with Crippen LogP contribution in [0.3, 0.4) is 0 Å². The van der Waals surface area contributed by atoms with Gasteiger partial charge in [-0.1, -0.05) is 6.07 Å². The molecular weight excluding hydrogens is 432 g/mol. The fourth-order valence-corrected chi connectivity index (χ4v) is 5.39. The minimum atomic E-state index is -3.93. The molecule has 0 saturated carbocycles. The van der Waals surface area contributed by atoms with Crippen molar-refractivity contribution >= 4 is 25.7 Å². The first-order valence-corrected chi connectivity index (χ1v) is 11.8. The second-order valence-electron chi connectivity index (χ2n) is 6.40. The molecule has 1 fully saturated rings. The number of morpholine rings is 1. The van der Waals surface area contributed by atoms with E-state index in [1.807, 2.05) is 0 Å². The molecule has 1 N–H and O–H groups in total. The van der Waals surface area contributed by atoms with Crippen LogP contribution in [0.5, 0.6) is 0 Å². The number of rotatable bonds is 6. The number of ether oxygens (including phenoxy) is 1. The Kier molecular flexibility index (Phi) is 5.51. The van der Waals surface area contributed by atoms with Gasteiger partial charge in [-0.15, -0.1) is 5.10 Å². The zero-order valence-electron chi connectivity index (χ0n) is 15.6. The molecule has 11 nitrogen and oxygen atoms in total. The molecule has 0 atom stereocenters. The molecule has 0 radical (unpaired) electrons. The van der Waals surface area contributed by atoms with Crippen LogP contribution >= 0.6 is 0 Å². The summed E-state index contributed by atoms with van der Waals surface area (Å²) in [6, 6.07) is 11.6. The molecule has 1 aliphatic heterocycles. The Balaban J connectivity index is 1.54. The SMILES string of the molecule is O=S(=O)(Nc1cccc(-n2cnnn2)c1)c1ccc(S(=O)(=O)N2CCOCC2)cc1. The maximum absolute atomic E-state index is 12.7. The maximum atomic E-state index is 12.7. The molecule has 0 spiro atoms. The summed E-state index contributed by atoms with van der Waals surface area (Å²) in [5, 5.41) is 10.9. The first-order chi connectivity index (χ1) is 14.4. The summed E-state index contributed by atoms with van der Waals surface area (Å²) in [4.78, 5) is -0.0275. The Labute approximate surface area is 173 Å². The third-order valence-corrected chi connectivity index (χ3v) is 7.76. The summed E-state index contributed by atoms with van der Waals surface area (Å²) in [6.45, 7) is 1.20. The Hall–Kier alpha value is -2.87. The average molecular weight is 451 g/mol. The van der Waals surface area contributed by atoms with Crippen LogP contribution in [0.15, 0.2) is 64.6 Å². The number of sulfonamides is 2. The van der Waals surface area contributed by atoms with Gasteiger partial charge in [-0.25, -0.2) is 21.5 Å². The highest BCUT2D eigenvalue weighted by atomic mass is 32.2. The van der Waals surface area contributed by atoms with Crippen molar-refractivity contribution in [3.63, 3.8) is 0 Å². The van der Waals surface area contributed by atoms with Crippen LogP contribution in [0.2, 0.25) is 0 Å². The van der Waals surface area contributed by atoms with Crippen molar-refractivity contribution < 1.29 is 21.6 Å². The lowest BCUT2D eigenvalue weighted by Crippen LogP contribution is -2.40. The third-order valence-electron chi connectivity index (χ3n) is 4.45. The molecule has 2 aromatic carbocycles. The number of anilines is 1. The van der Waals surface area contributed by atoms with Crippen molar-refractivity contribution in [2.24, 2.45) is 0 Å². The van der Waals surface area contributed by atoms with E-state index >= 15 is 0 Å². The highest BCUT2D eigenvalue weighted by Gasteiger charge is 2.26. The number of hydrogen-bond acceptors (Lipinski definition) is 8. The molecular formula is C17H18N6O5S2. The minimum absolute atomic E-state index is 0.0315. The molecule has 0 aliphatic carbocycles. The highest BCUT2D eigenvalue weighted by Crippen LogP contribution is 2.22. The molecule has 30 heavy (non-hydrogen) atoms. The topological polar surface area (TPSA) is 136 Å². The van der Waals surface area contributed by atoms with Crippen LogP contribution in [-0.2, 0) is 24.8 Å². The van der Waals surface area contributed by atoms with Crippen LogP contribution < -0.4 is 4.72 Å². The van der Waals surface area contributed by atoms with Crippen LogP contribution in [0.4, 0.5) is 5.69 Å². The predicted molar refractivity (Wildman–Crippen MR) is 106 cm³/mol. The zero-order chi connectivity index (χ0) is 21.2. The van der Waals surface area contributed by atoms with E-state index in [1.165, 1.54) is 39.6 Å². The molecule has 4 rings (SSSR count). The standard InChI is InChI=1S/C17H18N6O5S2/c24-29(25,19-14-2-1-3-15(12-14)23-13-18-20-21-23)16-4-6-17(7-5-16)30(26,27)22-8-10-28-11-9-22/h1-7,12-13,19H,8-11H2. The first kappa shape index (κ1) is 20.4. The fourth-order valence-electron chi connectivity index (χ4n) is 2.93. The van der Waals surface area contributed by atoms with Crippen molar-refractivity contribution in [2.75, 3.05) is 31.0 Å². The second-order valence-corrected chi connectivity index (χ2v) is 10.0. The Morgan fingerprint density at radius 2 is 1.63 bits per heavy atom. The monoisotopic (exact) mass is 450 g/mol.